The smallest absolute Gasteiger partial charge is 0.406 e. The van der Waals surface area contributed by atoms with E-state index in [1.54, 1.807) is 0 Å². The summed E-state index contributed by atoms with van der Waals surface area (Å²) >= 11 is 0. The van der Waals surface area contributed by atoms with E-state index in [1.807, 2.05) is 0 Å². The summed E-state index contributed by atoms with van der Waals surface area (Å²) in [7, 11) is 0. The minimum Gasteiger partial charge on any atom is -0.406 e. The lowest BCUT2D eigenvalue weighted by atomic mass is 10.1. The molecule has 2 aromatic rings. The van der Waals surface area contributed by atoms with Crippen LogP contribution in [-0.4, -0.2) is 16.3 Å². The summed E-state index contributed by atoms with van der Waals surface area (Å²) in [6.45, 7) is 0. The molecule has 2 rings (SSSR count). The number of ether oxygens (including phenoxy) is 1. The highest BCUT2D eigenvalue weighted by Crippen LogP contribution is 2.25. The monoisotopic (exact) mass is 270 g/mol. The number of halogens is 3. The van der Waals surface area contributed by atoms with Gasteiger partial charge in [0.1, 0.15) is 5.75 Å². The minimum absolute atomic E-state index is 0.288. The van der Waals surface area contributed by atoms with Crippen LogP contribution in [0.15, 0.2) is 36.7 Å². The third kappa shape index (κ3) is 3.55. The number of nitrogens with one attached hydrogen (secondary N) is 1. The predicted molar refractivity (Wildman–Crippen MR) is 62.0 cm³/mol. The van der Waals surface area contributed by atoms with Gasteiger partial charge in [0.2, 0.25) is 0 Å². The molecule has 0 saturated carbocycles. The maximum Gasteiger partial charge on any atom is 0.573 e. The van der Waals surface area contributed by atoms with Gasteiger partial charge in [0.05, 0.1) is 18.1 Å². The van der Waals surface area contributed by atoms with E-state index in [-0.39, 0.29) is 5.75 Å². The molecule has 1 aromatic heterocycles. The molecule has 8 heteroatoms. The van der Waals surface area contributed by atoms with Crippen molar-refractivity contribution >= 4 is 5.82 Å². The molecule has 1 aromatic carbocycles. The molecule has 100 valence electrons. The molecular weight excluding hydrogens is 261 g/mol. The van der Waals surface area contributed by atoms with Crippen molar-refractivity contribution in [3.63, 3.8) is 0 Å². The molecule has 19 heavy (non-hydrogen) atoms. The largest absolute Gasteiger partial charge is 0.573 e. The summed E-state index contributed by atoms with van der Waals surface area (Å²) in [4.78, 5) is 8.00. The Bertz CT molecular complexity index is 539. The SMILES string of the molecule is NNc1cnc(-c2ccc(OC(F)(F)F)cc2)cn1. The summed E-state index contributed by atoms with van der Waals surface area (Å²) in [6, 6.07) is 5.33. The number of benzene rings is 1. The zero-order chi connectivity index (χ0) is 13.9. The molecule has 0 bridgehead atoms. The van der Waals surface area contributed by atoms with E-state index in [9.17, 15) is 13.2 Å². The fourth-order valence-corrected chi connectivity index (χ4v) is 1.38. The lowest BCUT2D eigenvalue weighted by Gasteiger charge is -2.09. The number of nitrogens with two attached hydrogens (primary N) is 1. The molecule has 0 fully saturated rings. The molecule has 1 heterocycles. The number of hydrazine groups is 1. The van der Waals surface area contributed by atoms with Gasteiger partial charge in [0.15, 0.2) is 5.82 Å². The van der Waals surface area contributed by atoms with Gasteiger partial charge < -0.3 is 10.2 Å². The van der Waals surface area contributed by atoms with Crippen molar-refractivity contribution in [1.29, 1.82) is 0 Å². The van der Waals surface area contributed by atoms with E-state index in [0.717, 1.165) is 0 Å². The van der Waals surface area contributed by atoms with Crippen LogP contribution in [0.1, 0.15) is 0 Å². The summed E-state index contributed by atoms with van der Waals surface area (Å²) in [5.74, 6) is 5.24. The number of aromatic nitrogens is 2. The maximum absolute atomic E-state index is 12.0. The Morgan fingerprint density at radius 1 is 1.05 bits per heavy atom. The topological polar surface area (TPSA) is 73.1 Å². The van der Waals surface area contributed by atoms with Crippen LogP contribution >= 0.6 is 0 Å². The van der Waals surface area contributed by atoms with Crippen LogP contribution in [0, 0.1) is 0 Å². The molecule has 0 spiro atoms. The summed E-state index contributed by atoms with van der Waals surface area (Å²) < 4.78 is 39.7. The molecule has 0 aliphatic carbocycles. The molecule has 0 radical (unpaired) electrons. The van der Waals surface area contributed by atoms with Gasteiger partial charge in [-0.15, -0.1) is 13.2 Å². The third-order valence-corrected chi connectivity index (χ3v) is 2.18. The van der Waals surface area contributed by atoms with Gasteiger partial charge in [0.25, 0.3) is 0 Å². The van der Waals surface area contributed by atoms with Gasteiger partial charge in [-0.25, -0.2) is 10.8 Å². The van der Waals surface area contributed by atoms with Crippen LogP contribution in [0.25, 0.3) is 11.3 Å². The molecular formula is C11H9F3N4O. The highest BCUT2D eigenvalue weighted by atomic mass is 19.4. The minimum atomic E-state index is -4.70. The predicted octanol–water partition coefficient (Wildman–Crippen LogP) is 2.33. The van der Waals surface area contributed by atoms with Gasteiger partial charge >= 0.3 is 6.36 Å². The number of hydrogen-bond donors (Lipinski definition) is 2. The van der Waals surface area contributed by atoms with E-state index in [4.69, 9.17) is 5.84 Å². The van der Waals surface area contributed by atoms with Crippen molar-refractivity contribution in [2.24, 2.45) is 5.84 Å². The van der Waals surface area contributed by atoms with Gasteiger partial charge in [0, 0.05) is 5.56 Å². The zero-order valence-corrected chi connectivity index (χ0v) is 9.48. The lowest BCUT2D eigenvalue weighted by Crippen LogP contribution is -2.16. The maximum atomic E-state index is 12.0. The van der Waals surface area contributed by atoms with Crippen molar-refractivity contribution in [1.82, 2.24) is 9.97 Å². The van der Waals surface area contributed by atoms with Gasteiger partial charge in [-0.3, -0.25) is 4.98 Å². The molecule has 0 unspecified atom stereocenters. The summed E-state index contributed by atoms with van der Waals surface area (Å²) in [6.07, 6.45) is -1.83. The van der Waals surface area contributed by atoms with E-state index >= 15 is 0 Å². The molecule has 0 aliphatic rings. The normalized spacial score (nSPS) is 11.2. The number of anilines is 1. The Hall–Kier alpha value is -2.35. The number of rotatable bonds is 3. The molecule has 0 atom stereocenters. The first-order valence-electron chi connectivity index (χ1n) is 5.13. The Balaban J connectivity index is 2.17. The van der Waals surface area contributed by atoms with Crippen LogP contribution in [0.4, 0.5) is 19.0 Å². The molecule has 0 saturated heterocycles. The standard InChI is InChI=1S/C11H9F3N4O/c12-11(13,14)19-8-3-1-7(2-4-8)9-5-17-10(18-15)6-16-9/h1-6H,15H2,(H,17,18). The van der Waals surface area contributed by atoms with Crippen LogP contribution in [0.3, 0.4) is 0 Å². The van der Waals surface area contributed by atoms with E-state index in [1.165, 1.54) is 36.7 Å². The quantitative estimate of drug-likeness (QED) is 0.661. The van der Waals surface area contributed by atoms with Gasteiger partial charge in [-0.05, 0) is 24.3 Å². The molecule has 3 N–H and O–H groups in total. The van der Waals surface area contributed by atoms with Crippen molar-refractivity contribution in [2.75, 3.05) is 5.43 Å². The first kappa shape index (κ1) is 13.1. The fraction of sp³-hybridized carbons (Fsp3) is 0.0909. The van der Waals surface area contributed by atoms with E-state index in [0.29, 0.717) is 17.1 Å². The second-order valence-corrected chi connectivity index (χ2v) is 3.50. The second kappa shape index (κ2) is 5.11. The van der Waals surface area contributed by atoms with Crippen molar-refractivity contribution in [3.05, 3.63) is 36.7 Å². The van der Waals surface area contributed by atoms with E-state index < -0.39 is 6.36 Å². The Kier molecular flexibility index (Phi) is 3.52. The third-order valence-electron chi connectivity index (χ3n) is 2.18. The highest BCUT2D eigenvalue weighted by molar-refractivity contribution is 5.59. The van der Waals surface area contributed by atoms with Crippen molar-refractivity contribution in [2.45, 2.75) is 6.36 Å². The van der Waals surface area contributed by atoms with Crippen molar-refractivity contribution < 1.29 is 17.9 Å². The van der Waals surface area contributed by atoms with Gasteiger partial charge in [-0.2, -0.15) is 0 Å². The van der Waals surface area contributed by atoms with Crippen LogP contribution < -0.4 is 16.0 Å². The number of nitrogen functional groups attached to an aromatic ring is 1. The van der Waals surface area contributed by atoms with Crippen LogP contribution in [-0.2, 0) is 0 Å². The van der Waals surface area contributed by atoms with E-state index in [2.05, 4.69) is 20.1 Å². The lowest BCUT2D eigenvalue weighted by molar-refractivity contribution is -0.274. The Labute approximate surface area is 106 Å². The summed E-state index contributed by atoms with van der Waals surface area (Å²) in [5.41, 5.74) is 3.45. The molecule has 0 amide bonds. The number of alkyl halides is 3. The second-order valence-electron chi connectivity index (χ2n) is 3.50. The average Bonchev–Trinajstić information content (AvgIpc) is 2.38. The summed E-state index contributed by atoms with van der Waals surface area (Å²) in [5, 5.41) is 0. The molecule has 5 nitrogen and oxygen atoms in total. The number of nitrogens with zero attached hydrogens (tertiary/aromatic N) is 2. The molecule has 0 aliphatic heterocycles. The fourth-order valence-electron chi connectivity index (χ4n) is 1.38. The zero-order valence-electron chi connectivity index (χ0n) is 9.48. The van der Waals surface area contributed by atoms with Crippen LogP contribution in [0.2, 0.25) is 0 Å². The first-order valence-corrected chi connectivity index (χ1v) is 5.13. The van der Waals surface area contributed by atoms with Crippen molar-refractivity contribution in [3.8, 4) is 17.0 Å². The Morgan fingerprint density at radius 2 is 1.74 bits per heavy atom. The van der Waals surface area contributed by atoms with Crippen LogP contribution in [0.5, 0.6) is 5.75 Å². The van der Waals surface area contributed by atoms with Gasteiger partial charge in [-0.1, -0.05) is 0 Å². The first-order chi connectivity index (χ1) is 8.98. The average molecular weight is 270 g/mol. The Morgan fingerprint density at radius 3 is 2.21 bits per heavy atom. The number of hydrogen-bond acceptors (Lipinski definition) is 5. The highest BCUT2D eigenvalue weighted by Gasteiger charge is 2.30.